The van der Waals surface area contributed by atoms with Gasteiger partial charge in [-0.1, -0.05) is 41.1 Å². The van der Waals surface area contributed by atoms with Gasteiger partial charge in [0.25, 0.3) is 0 Å². The van der Waals surface area contributed by atoms with Gasteiger partial charge in [-0.05, 0) is 38.0 Å². The first kappa shape index (κ1) is 18.2. The number of nitrogens with zero attached hydrogens (tertiary/aromatic N) is 1. The molecule has 1 aromatic carbocycles. The average Bonchev–Trinajstić information content (AvgIpc) is 2.68. The molecule has 0 saturated heterocycles. The summed E-state index contributed by atoms with van der Waals surface area (Å²) in [6, 6.07) is 7.72. The second-order valence-corrected chi connectivity index (χ2v) is 6.40. The number of anilines is 1. The summed E-state index contributed by atoms with van der Waals surface area (Å²) < 4.78 is 6.16. The largest absolute Gasteiger partial charge is 0.462 e. The zero-order chi connectivity index (χ0) is 17.5. The zero-order valence-corrected chi connectivity index (χ0v) is 15.6. The van der Waals surface area contributed by atoms with Gasteiger partial charge in [0.2, 0.25) is 0 Å². The fourth-order valence-corrected chi connectivity index (χ4v) is 2.73. The fraction of sp³-hybridized carbons (Fsp3) is 0.263. The van der Waals surface area contributed by atoms with E-state index < -0.39 is 0 Å². The molecule has 1 unspecified atom stereocenters. The third kappa shape index (κ3) is 5.20. The van der Waals surface area contributed by atoms with Gasteiger partial charge in [0.1, 0.15) is 0 Å². The molecule has 24 heavy (non-hydrogen) atoms. The van der Waals surface area contributed by atoms with Crippen LogP contribution in [0.3, 0.4) is 0 Å². The lowest BCUT2D eigenvalue weighted by molar-refractivity contribution is -0.138. The molecule has 0 amide bonds. The third-order valence-corrected chi connectivity index (χ3v) is 3.86. The maximum Gasteiger partial charge on any atom is 0.340 e. The predicted octanol–water partition coefficient (Wildman–Crippen LogP) is 4.86. The summed E-state index contributed by atoms with van der Waals surface area (Å²) in [7, 11) is 0. The summed E-state index contributed by atoms with van der Waals surface area (Å²) in [6.07, 6.45) is 7.44. The summed E-state index contributed by atoms with van der Waals surface area (Å²) in [5.41, 5.74) is 3.00. The van der Waals surface area contributed by atoms with Crippen LogP contribution in [0.1, 0.15) is 20.8 Å². The maximum atomic E-state index is 12.4. The van der Waals surface area contributed by atoms with Crippen LogP contribution in [0.25, 0.3) is 0 Å². The van der Waals surface area contributed by atoms with Gasteiger partial charge in [0.05, 0.1) is 12.2 Å². The van der Waals surface area contributed by atoms with Crippen LogP contribution in [0.15, 0.2) is 68.9 Å². The van der Waals surface area contributed by atoms with Crippen molar-refractivity contribution in [1.29, 1.82) is 0 Å². The fourth-order valence-electron chi connectivity index (χ4n) is 2.33. The van der Waals surface area contributed by atoms with Crippen LogP contribution in [-0.4, -0.2) is 18.8 Å². The molecule has 2 rings (SSSR count). The van der Waals surface area contributed by atoms with Crippen LogP contribution in [0.2, 0.25) is 0 Å². The second-order valence-electron chi connectivity index (χ2n) is 5.48. The third-order valence-electron chi connectivity index (χ3n) is 3.37. The lowest BCUT2D eigenvalue weighted by atomic mass is 10.0. The van der Waals surface area contributed by atoms with Gasteiger partial charge in [0.15, 0.2) is 0 Å². The van der Waals surface area contributed by atoms with Crippen molar-refractivity contribution in [3.05, 3.63) is 63.9 Å². The molecule has 0 fully saturated rings. The molecule has 126 valence electrons. The van der Waals surface area contributed by atoms with E-state index in [9.17, 15) is 4.79 Å². The van der Waals surface area contributed by atoms with Crippen LogP contribution in [-0.2, 0) is 9.53 Å². The number of carbonyl (C=O) groups excluding carboxylic acids is 1. The molecule has 1 aliphatic rings. The van der Waals surface area contributed by atoms with Crippen molar-refractivity contribution in [3.8, 4) is 0 Å². The molecule has 0 spiro atoms. The molecular weight excluding hydrogens is 368 g/mol. The zero-order valence-electron chi connectivity index (χ0n) is 14.0. The first-order valence-corrected chi connectivity index (χ1v) is 8.63. The minimum Gasteiger partial charge on any atom is -0.462 e. The number of nitrogens with one attached hydrogen (secondary N) is 1. The van der Waals surface area contributed by atoms with E-state index in [0.29, 0.717) is 12.2 Å². The highest BCUT2D eigenvalue weighted by Gasteiger charge is 2.17. The Labute approximate surface area is 151 Å². The Bertz CT molecular complexity index is 733. The van der Waals surface area contributed by atoms with Crippen molar-refractivity contribution in [3.63, 3.8) is 0 Å². The van der Waals surface area contributed by atoms with Crippen molar-refractivity contribution < 1.29 is 9.53 Å². The molecule has 0 bridgehead atoms. The minimum absolute atomic E-state index is 0.186. The van der Waals surface area contributed by atoms with E-state index in [4.69, 9.17) is 4.74 Å². The van der Waals surface area contributed by atoms with Crippen LogP contribution < -0.4 is 5.32 Å². The highest BCUT2D eigenvalue weighted by Crippen LogP contribution is 2.21. The second kappa shape index (κ2) is 8.64. The number of halogens is 1. The number of benzene rings is 1. The Balaban J connectivity index is 2.33. The summed E-state index contributed by atoms with van der Waals surface area (Å²) in [5, 5.41) is 3.16. The van der Waals surface area contributed by atoms with E-state index in [-0.39, 0.29) is 11.9 Å². The van der Waals surface area contributed by atoms with Crippen molar-refractivity contribution >= 4 is 33.8 Å². The SMILES string of the molecule is CCOC(=O)/C(=C\Nc1cccc(Br)c1)C1=CC(C)C=C(C)N=C1. The quantitative estimate of drug-likeness (QED) is 0.578. The monoisotopic (exact) mass is 388 g/mol. The molecule has 1 aromatic rings. The molecule has 0 aromatic heterocycles. The maximum absolute atomic E-state index is 12.4. The Morgan fingerprint density at radius 3 is 2.92 bits per heavy atom. The number of esters is 1. The molecule has 0 saturated carbocycles. The van der Waals surface area contributed by atoms with Gasteiger partial charge in [0, 0.05) is 33.8 Å². The van der Waals surface area contributed by atoms with Gasteiger partial charge in [-0.15, -0.1) is 0 Å². The molecule has 1 aliphatic heterocycles. The van der Waals surface area contributed by atoms with E-state index in [2.05, 4.69) is 33.2 Å². The van der Waals surface area contributed by atoms with Crippen LogP contribution >= 0.6 is 15.9 Å². The Kier molecular flexibility index (Phi) is 6.55. The number of rotatable bonds is 5. The summed E-state index contributed by atoms with van der Waals surface area (Å²) in [6.45, 7) is 6.12. The Morgan fingerprint density at radius 1 is 1.42 bits per heavy atom. The van der Waals surface area contributed by atoms with Gasteiger partial charge in [-0.2, -0.15) is 0 Å². The van der Waals surface area contributed by atoms with Crippen molar-refractivity contribution in [1.82, 2.24) is 0 Å². The topological polar surface area (TPSA) is 50.7 Å². The molecular formula is C19H21BrN2O2. The normalized spacial score (nSPS) is 17.7. The van der Waals surface area contributed by atoms with E-state index in [1.807, 2.05) is 43.3 Å². The molecule has 5 heteroatoms. The van der Waals surface area contributed by atoms with E-state index in [0.717, 1.165) is 21.4 Å². The summed E-state index contributed by atoms with van der Waals surface area (Å²) in [5.74, 6) is -0.185. The average molecular weight is 389 g/mol. The highest BCUT2D eigenvalue weighted by atomic mass is 79.9. The van der Waals surface area contributed by atoms with Crippen LogP contribution in [0.4, 0.5) is 5.69 Å². The Hall–Kier alpha value is -2.14. The number of carbonyl (C=O) groups is 1. The first-order valence-electron chi connectivity index (χ1n) is 7.83. The van der Waals surface area contributed by atoms with Gasteiger partial charge < -0.3 is 10.1 Å². The molecule has 1 atom stereocenters. The van der Waals surface area contributed by atoms with Gasteiger partial charge in [-0.25, -0.2) is 4.79 Å². The van der Waals surface area contributed by atoms with E-state index in [1.54, 1.807) is 19.3 Å². The molecule has 1 heterocycles. The number of hydrogen-bond donors (Lipinski definition) is 1. The van der Waals surface area contributed by atoms with E-state index >= 15 is 0 Å². The van der Waals surface area contributed by atoms with Gasteiger partial charge >= 0.3 is 5.97 Å². The summed E-state index contributed by atoms with van der Waals surface area (Å²) >= 11 is 3.43. The lowest BCUT2D eigenvalue weighted by Crippen LogP contribution is -2.12. The van der Waals surface area contributed by atoms with Crippen molar-refractivity contribution in [2.24, 2.45) is 10.9 Å². The summed E-state index contributed by atoms with van der Waals surface area (Å²) in [4.78, 5) is 16.7. The standard InChI is InChI=1S/C19H21BrN2O2/c1-4-24-19(23)18(12-22-17-7-5-6-16(20)10-17)15-9-13(2)8-14(3)21-11-15/h5-13,22H,4H2,1-3H3/b18-12-. The highest BCUT2D eigenvalue weighted by molar-refractivity contribution is 9.10. The molecule has 4 nitrogen and oxygen atoms in total. The molecule has 0 radical (unpaired) electrons. The minimum atomic E-state index is -0.371. The van der Waals surface area contributed by atoms with E-state index in [1.165, 1.54) is 0 Å². The number of ether oxygens (including phenoxy) is 1. The smallest absolute Gasteiger partial charge is 0.340 e. The van der Waals surface area contributed by atoms with Crippen LogP contribution in [0, 0.1) is 5.92 Å². The van der Waals surface area contributed by atoms with Gasteiger partial charge in [-0.3, -0.25) is 4.99 Å². The number of aliphatic imine (C=N–C) groups is 1. The van der Waals surface area contributed by atoms with Crippen LogP contribution in [0.5, 0.6) is 0 Å². The van der Waals surface area contributed by atoms with Crippen molar-refractivity contribution in [2.45, 2.75) is 20.8 Å². The van der Waals surface area contributed by atoms with Crippen molar-refractivity contribution in [2.75, 3.05) is 11.9 Å². The lowest BCUT2D eigenvalue weighted by Gasteiger charge is -2.10. The predicted molar refractivity (Wildman–Crippen MR) is 102 cm³/mol. The number of allylic oxidation sites excluding steroid dienone is 3. The molecule has 1 N–H and O–H groups in total. The number of hydrogen-bond acceptors (Lipinski definition) is 4. The first-order chi connectivity index (χ1) is 11.5. The molecule has 0 aliphatic carbocycles. The Morgan fingerprint density at radius 2 is 2.21 bits per heavy atom.